The van der Waals surface area contributed by atoms with Gasteiger partial charge in [0.25, 0.3) is 0 Å². The quantitative estimate of drug-likeness (QED) is 0.727. The highest BCUT2D eigenvalue weighted by atomic mass is 14.8. The third-order valence-corrected chi connectivity index (χ3v) is 4.07. The molecule has 2 heteroatoms. The van der Waals surface area contributed by atoms with Crippen LogP contribution in [0.2, 0.25) is 0 Å². The first-order chi connectivity index (χ1) is 10.4. The van der Waals surface area contributed by atoms with Crippen LogP contribution in [0.25, 0.3) is 22.8 Å². The molecule has 0 radical (unpaired) electrons. The van der Waals surface area contributed by atoms with E-state index in [0.29, 0.717) is 0 Å². The molecule has 1 aromatic heterocycles. The Labute approximate surface area is 124 Å². The molecule has 2 aromatic carbocycles. The van der Waals surface area contributed by atoms with E-state index in [0.717, 1.165) is 18.5 Å². The van der Waals surface area contributed by atoms with E-state index in [4.69, 9.17) is 0 Å². The van der Waals surface area contributed by atoms with Gasteiger partial charge in [-0.1, -0.05) is 42.5 Å². The average molecular weight is 272 g/mol. The minimum absolute atomic E-state index is 1.00. The number of hydrogen-bond donors (Lipinski definition) is 1. The van der Waals surface area contributed by atoms with Gasteiger partial charge >= 0.3 is 0 Å². The van der Waals surface area contributed by atoms with E-state index < -0.39 is 0 Å². The number of nitrogens with zero attached hydrogens (tertiary/aromatic N) is 1. The highest BCUT2D eigenvalue weighted by molar-refractivity contribution is 5.86. The molecular formula is C19H16N2. The van der Waals surface area contributed by atoms with Gasteiger partial charge in [-0.15, -0.1) is 0 Å². The first-order valence-corrected chi connectivity index (χ1v) is 7.28. The Bertz CT molecular complexity index is 784. The van der Waals surface area contributed by atoms with Crippen molar-refractivity contribution in [2.45, 2.75) is 12.8 Å². The molecule has 2 nitrogen and oxygen atoms in total. The standard InChI is InChI=1S/C19H16N2/c1-2-4-14(5-3-1)16-8-6-15-7-9-17(19(15)11-16)10-18-12-20-13-21-18/h1-6,8,10-13H,7,9H2,(H,20,21)/b17-10+. The Kier molecular flexibility index (Phi) is 2.93. The fourth-order valence-corrected chi connectivity index (χ4v) is 2.99. The van der Waals surface area contributed by atoms with E-state index in [1.54, 1.807) is 6.33 Å². The lowest BCUT2D eigenvalue weighted by atomic mass is 9.99. The van der Waals surface area contributed by atoms with Gasteiger partial charge in [-0.05, 0) is 52.8 Å². The minimum Gasteiger partial charge on any atom is -0.351 e. The third kappa shape index (κ3) is 2.29. The zero-order valence-electron chi connectivity index (χ0n) is 11.7. The van der Waals surface area contributed by atoms with Crippen LogP contribution >= 0.6 is 0 Å². The number of rotatable bonds is 2. The van der Waals surface area contributed by atoms with Gasteiger partial charge in [0.15, 0.2) is 0 Å². The number of hydrogen-bond acceptors (Lipinski definition) is 1. The van der Waals surface area contributed by atoms with E-state index in [1.165, 1.54) is 27.8 Å². The maximum absolute atomic E-state index is 4.30. The topological polar surface area (TPSA) is 28.7 Å². The highest BCUT2D eigenvalue weighted by Gasteiger charge is 2.17. The smallest absolute Gasteiger partial charge is 0.0927 e. The average Bonchev–Trinajstić information content (AvgIpc) is 3.19. The summed E-state index contributed by atoms with van der Waals surface area (Å²) in [6.07, 6.45) is 8.08. The molecule has 4 rings (SSSR count). The monoisotopic (exact) mass is 272 g/mol. The zero-order valence-corrected chi connectivity index (χ0v) is 11.7. The molecule has 0 saturated carbocycles. The molecule has 0 unspecified atom stereocenters. The van der Waals surface area contributed by atoms with Gasteiger partial charge in [-0.3, -0.25) is 0 Å². The van der Waals surface area contributed by atoms with Gasteiger partial charge < -0.3 is 4.98 Å². The number of aromatic amines is 1. The van der Waals surface area contributed by atoms with Gasteiger partial charge in [-0.25, -0.2) is 4.98 Å². The maximum Gasteiger partial charge on any atom is 0.0927 e. The second-order valence-electron chi connectivity index (χ2n) is 5.40. The lowest BCUT2D eigenvalue weighted by molar-refractivity contribution is 1.08. The van der Waals surface area contributed by atoms with Gasteiger partial charge in [0, 0.05) is 6.20 Å². The number of benzene rings is 2. The van der Waals surface area contributed by atoms with E-state index in [2.05, 4.69) is 64.6 Å². The largest absolute Gasteiger partial charge is 0.351 e. The number of aromatic nitrogens is 2. The van der Waals surface area contributed by atoms with Crippen LogP contribution in [0, 0.1) is 0 Å². The summed E-state index contributed by atoms with van der Waals surface area (Å²) in [5.74, 6) is 0. The van der Waals surface area contributed by atoms with Crippen molar-refractivity contribution in [3.8, 4) is 11.1 Å². The molecule has 3 aromatic rings. The molecule has 0 aliphatic heterocycles. The summed E-state index contributed by atoms with van der Waals surface area (Å²) in [5.41, 5.74) is 7.75. The van der Waals surface area contributed by atoms with Crippen molar-refractivity contribution in [3.63, 3.8) is 0 Å². The number of imidazole rings is 1. The molecule has 0 bridgehead atoms. The van der Waals surface area contributed by atoms with Crippen molar-refractivity contribution in [1.29, 1.82) is 0 Å². The van der Waals surface area contributed by atoms with Crippen LogP contribution in [0.3, 0.4) is 0 Å². The fourth-order valence-electron chi connectivity index (χ4n) is 2.99. The van der Waals surface area contributed by atoms with E-state index in [9.17, 15) is 0 Å². The van der Waals surface area contributed by atoms with Crippen LogP contribution in [0.5, 0.6) is 0 Å². The normalized spacial score (nSPS) is 15.3. The van der Waals surface area contributed by atoms with Crippen LogP contribution in [0.1, 0.15) is 23.2 Å². The van der Waals surface area contributed by atoms with Gasteiger partial charge in [0.05, 0.1) is 12.0 Å². The number of nitrogens with one attached hydrogen (secondary N) is 1. The Morgan fingerprint density at radius 3 is 2.67 bits per heavy atom. The summed E-state index contributed by atoms with van der Waals surface area (Å²) in [6, 6.07) is 17.4. The van der Waals surface area contributed by atoms with Crippen LogP contribution in [-0.4, -0.2) is 9.97 Å². The molecule has 1 heterocycles. The van der Waals surface area contributed by atoms with Crippen molar-refractivity contribution < 1.29 is 0 Å². The van der Waals surface area contributed by atoms with Crippen molar-refractivity contribution >= 4 is 11.6 Å². The maximum atomic E-state index is 4.30. The summed E-state index contributed by atoms with van der Waals surface area (Å²) >= 11 is 0. The van der Waals surface area contributed by atoms with Crippen LogP contribution < -0.4 is 0 Å². The second-order valence-corrected chi connectivity index (χ2v) is 5.40. The summed E-state index contributed by atoms with van der Waals surface area (Å²) in [6.45, 7) is 0. The number of H-pyrrole nitrogens is 1. The van der Waals surface area contributed by atoms with Gasteiger partial charge in [0.2, 0.25) is 0 Å². The molecule has 0 fully saturated rings. The molecule has 21 heavy (non-hydrogen) atoms. The lowest BCUT2D eigenvalue weighted by Gasteiger charge is -2.06. The molecule has 0 spiro atoms. The molecule has 1 aliphatic rings. The molecule has 1 aliphatic carbocycles. The summed E-state index contributed by atoms with van der Waals surface area (Å²) in [4.78, 5) is 7.31. The van der Waals surface area contributed by atoms with E-state index in [-0.39, 0.29) is 0 Å². The predicted octanol–water partition coefficient (Wildman–Crippen LogP) is 4.56. The highest BCUT2D eigenvalue weighted by Crippen LogP contribution is 2.36. The number of fused-ring (bicyclic) bond motifs is 1. The van der Waals surface area contributed by atoms with Crippen LogP contribution in [-0.2, 0) is 6.42 Å². The Hall–Kier alpha value is -2.61. The second kappa shape index (κ2) is 5.06. The summed E-state index contributed by atoms with van der Waals surface area (Å²) in [5, 5.41) is 0. The Morgan fingerprint density at radius 1 is 0.952 bits per heavy atom. The Morgan fingerprint density at radius 2 is 1.86 bits per heavy atom. The fraction of sp³-hybridized carbons (Fsp3) is 0.105. The van der Waals surface area contributed by atoms with E-state index >= 15 is 0 Å². The number of allylic oxidation sites excluding steroid dienone is 1. The molecule has 102 valence electrons. The van der Waals surface area contributed by atoms with Crippen LogP contribution in [0.4, 0.5) is 0 Å². The molecule has 0 atom stereocenters. The van der Waals surface area contributed by atoms with Crippen molar-refractivity contribution in [1.82, 2.24) is 9.97 Å². The first kappa shape index (κ1) is 12.2. The van der Waals surface area contributed by atoms with Crippen molar-refractivity contribution in [2.24, 2.45) is 0 Å². The summed E-state index contributed by atoms with van der Waals surface area (Å²) in [7, 11) is 0. The van der Waals surface area contributed by atoms with Crippen LogP contribution in [0.15, 0.2) is 61.1 Å². The predicted molar refractivity (Wildman–Crippen MR) is 86.7 cm³/mol. The lowest BCUT2D eigenvalue weighted by Crippen LogP contribution is -1.84. The van der Waals surface area contributed by atoms with Crippen molar-refractivity contribution in [2.75, 3.05) is 0 Å². The molecule has 0 amide bonds. The molecule has 0 saturated heterocycles. The summed E-state index contributed by atoms with van der Waals surface area (Å²) < 4.78 is 0. The van der Waals surface area contributed by atoms with Gasteiger partial charge in [-0.2, -0.15) is 0 Å². The minimum atomic E-state index is 1.00. The zero-order chi connectivity index (χ0) is 14.1. The SMILES string of the molecule is C(=C1/CCc2ccc(-c3ccccc3)cc21)/c1c[nH]cn1. The first-order valence-electron chi connectivity index (χ1n) is 7.28. The van der Waals surface area contributed by atoms with E-state index in [1.807, 2.05) is 6.20 Å². The number of aryl methyl sites for hydroxylation is 1. The van der Waals surface area contributed by atoms with Gasteiger partial charge in [0.1, 0.15) is 0 Å². The Balaban J connectivity index is 1.78. The molecule has 1 N–H and O–H groups in total. The third-order valence-electron chi connectivity index (χ3n) is 4.07. The molecular weight excluding hydrogens is 256 g/mol. The van der Waals surface area contributed by atoms with Crippen molar-refractivity contribution in [3.05, 3.63) is 77.9 Å².